The van der Waals surface area contributed by atoms with Crippen LogP contribution in [0.3, 0.4) is 0 Å². The minimum Gasteiger partial charge on any atom is -0.497 e. The molecule has 0 saturated heterocycles. The fourth-order valence-electron chi connectivity index (χ4n) is 3.86. The SMILES string of the molecule is CNC(=O)OCc1ccc(Nc2c3ccc(OC)cc3nc3cc(OC)c(OC)c(OC)c23)cc1. The second-order valence-electron chi connectivity index (χ2n) is 7.56. The summed E-state index contributed by atoms with van der Waals surface area (Å²) < 4.78 is 27.5. The maximum Gasteiger partial charge on any atom is 0.407 e. The molecule has 0 atom stereocenters. The van der Waals surface area contributed by atoms with Gasteiger partial charge in [-0.2, -0.15) is 0 Å². The number of hydrogen-bond donors (Lipinski definition) is 2. The van der Waals surface area contributed by atoms with E-state index in [0.717, 1.165) is 33.2 Å². The number of pyridine rings is 1. The van der Waals surface area contributed by atoms with Crippen molar-refractivity contribution in [1.82, 2.24) is 10.3 Å². The number of carbonyl (C=O) groups is 1. The lowest BCUT2D eigenvalue weighted by Gasteiger charge is -2.19. The van der Waals surface area contributed by atoms with E-state index >= 15 is 0 Å². The smallest absolute Gasteiger partial charge is 0.407 e. The first-order valence-electron chi connectivity index (χ1n) is 10.8. The van der Waals surface area contributed by atoms with Gasteiger partial charge in [-0.15, -0.1) is 0 Å². The van der Waals surface area contributed by atoms with E-state index in [1.54, 1.807) is 28.4 Å². The van der Waals surface area contributed by atoms with Gasteiger partial charge in [0.1, 0.15) is 12.4 Å². The van der Waals surface area contributed by atoms with Gasteiger partial charge in [-0.05, 0) is 29.8 Å². The van der Waals surface area contributed by atoms with Gasteiger partial charge in [-0.3, -0.25) is 0 Å². The normalized spacial score (nSPS) is 10.7. The average Bonchev–Trinajstić information content (AvgIpc) is 2.90. The van der Waals surface area contributed by atoms with E-state index in [4.69, 9.17) is 28.7 Å². The molecule has 35 heavy (non-hydrogen) atoms. The Morgan fingerprint density at radius 1 is 0.857 bits per heavy atom. The number of rotatable bonds is 8. The molecule has 3 aromatic carbocycles. The van der Waals surface area contributed by atoms with E-state index in [2.05, 4.69) is 10.6 Å². The first-order valence-corrected chi connectivity index (χ1v) is 10.8. The maximum absolute atomic E-state index is 11.4. The molecule has 0 aliphatic carbocycles. The average molecular weight is 478 g/mol. The first kappa shape index (κ1) is 23.7. The second-order valence-corrected chi connectivity index (χ2v) is 7.56. The van der Waals surface area contributed by atoms with Gasteiger partial charge in [0.25, 0.3) is 0 Å². The number of nitrogens with zero attached hydrogens (tertiary/aromatic N) is 1. The maximum atomic E-state index is 11.4. The van der Waals surface area contributed by atoms with Crippen molar-refractivity contribution in [2.24, 2.45) is 0 Å². The molecule has 2 N–H and O–H groups in total. The molecule has 0 spiro atoms. The summed E-state index contributed by atoms with van der Waals surface area (Å²) in [5.74, 6) is 2.19. The zero-order valence-corrected chi connectivity index (χ0v) is 20.2. The number of aromatic nitrogens is 1. The van der Waals surface area contributed by atoms with E-state index < -0.39 is 6.09 Å². The van der Waals surface area contributed by atoms with Gasteiger partial charge in [-0.1, -0.05) is 12.1 Å². The van der Waals surface area contributed by atoms with Gasteiger partial charge in [-0.25, -0.2) is 9.78 Å². The number of amides is 1. The number of carbonyl (C=O) groups excluding carboxylic acids is 1. The highest BCUT2D eigenvalue weighted by Crippen LogP contribution is 2.48. The fraction of sp³-hybridized carbons (Fsp3) is 0.231. The summed E-state index contributed by atoms with van der Waals surface area (Å²) in [5.41, 5.74) is 3.88. The van der Waals surface area contributed by atoms with Crippen LogP contribution in [0.1, 0.15) is 5.56 Å². The van der Waals surface area contributed by atoms with Crippen LogP contribution in [0.5, 0.6) is 23.0 Å². The molecule has 0 bridgehead atoms. The Morgan fingerprint density at radius 3 is 2.23 bits per heavy atom. The van der Waals surface area contributed by atoms with Crippen molar-refractivity contribution in [1.29, 1.82) is 0 Å². The molecule has 1 heterocycles. The minimum atomic E-state index is -0.478. The standard InChI is InChI=1S/C26H27N3O6/c1-27-26(30)35-14-15-6-8-16(9-7-15)28-23-18-11-10-17(31-2)12-19(18)29-20-13-21(32-3)24(33-4)25(34-5)22(20)23/h6-13H,14H2,1-5H3,(H,27,30)(H,28,29). The number of fused-ring (bicyclic) bond motifs is 2. The lowest BCUT2D eigenvalue weighted by Crippen LogP contribution is -2.18. The highest BCUT2D eigenvalue weighted by molar-refractivity contribution is 6.12. The van der Waals surface area contributed by atoms with Gasteiger partial charge in [0, 0.05) is 30.3 Å². The fourth-order valence-corrected chi connectivity index (χ4v) is 3.86. The number of hydrogen-bond acceptors (Lipinski definition) is 8. The van der Waals surface area contributed by atoms with Crippen LogP contribution < -0.4 is 29.6 Å². The van der Waals surface area contributed by atoms with E-state index in [-0.39, 0.29) is 6.61 Å². The molecule has 0 aliphatic heterocycles. The van der Waals surface area contributed by atoms with Gasteiger partial charge in [0.15, 0.2) is 11.5 Å². The largest absolute Gasteiger partial charge is 0.497 e. The topological polar surface area (TPSA) is 100 Å². The van der Waals surface area contributed by atoms with Gasteiger partial charge in [0.05, 0.1) is 50.5 Å². The van der Waals surface area contributed by atoms with Gasteiger partial charge in [0.2, 0.25) is 5.75 Å². The van der Waals surface area contributed by atoms with E-state index in [1.165, 1.54) is 7.05 Å². The zero-order chi connectivity index (χ0) is 24.9. The summed E-state index contributed by atoms with van der Waals surface area (Å²) in [6.45, 7) is 0.172. The molecule has 182 valence electrons. The molecule has 4 rings (SSSR count). The highest BCUT2D eigenvalue weighted by Gasteiger charge is 2.22. The van der Waals surface area contributed by atoms with E-state index in [1.807, 2.05) is 48.5 Å². The summed E-state index contributed by atoms with van der Waals surface area (Å²) in [6.07, 6.45) is -0.478. The molecule has 0 fully saturated rings. The molecule has 1 amide bonds. The number of methoxy groups -OCH3 is 4. The second kappa shape index (κ2) is 10.3. The van der Waals surface area contributed by atoms with Gasteiger partial charge >= 0.3 is 6.09 Å². The van der Waals surface area contributed by atoms with Crippen LogP contribution in [-0.2, 0) is 11.3 Å². The molecular formula is C26H27N3O6. The van der Waals surface area contributed by atoms with Crippen LogP contribution in [0.15, 0.2) is 48.5 Å². The molecule has 0 unspecified atom stereocenters. The van der Waals surface area contributed by atoms with Crippen molar-refractivity contribution in [3.8, 4) is 23.0 Å². The Labute approximate surface area is 202 Å². The zero-order valence-electron chi connectivity index (χ0n) is 20.2. The van der Waals surface area contributed by atoms with Crippen molar-refractivity contribution >= 4 is 39.3 Å². The van der Waals surface area contributed by atoms with Crippen LogP contribution >= 0.6 is 0 Å². The summed E-state index contributed by atoms with van der Waals surface area (Å²) >= 11 is 0. The quantitative estimate of drug-likeness (QED) is 0.341. The van der Waals surface area contributed by atoms with E-state index in [9.17, 15) is 4.79 Å². The number of anilines is 2. The summed E-state index contributed by atoms with van der Waals surface area (Å²) in [7, 11) is 7.86. The monoisotopic (exact) mass is 477 g/mol. The molecular weight excluding hydrogens is 450 g/mol. The van der Waals surface area contributed by atoms with Gasteiger partial charge < -0.3 is 34.3 Å². The Morgan fingerprint density at radius 2 is 1.60 bits per heavy atom. The molecule has 0 radical (unpaired) electrons. The Hall–Kier alpha value is -4.40. The predicted octanol–water partition coefficient (Wildman–Crippen LogP) is 5.02. The Balaban J connectivity index is 1.87. The number of ether oxygens (including phenoxy) is 5. The first-order chi connectivity index (χ1) is 17.0. The van der Waals surface area contributed by atoms with E-state index in [0.29, 0.717) is 28.5 Å². The molecule has 0 aliphatic rings. The van der Waals surface area contributed by atoms with Crippen molar-refractivity contribution < 1.29 is 28.5 Å². The van der Waals surface area contributed by atoms with Crippen LogP contribution in [0, 0.1) is 0 Å². The molecule has 0 saturated carbocycles. The van der Waals surface area contributed by atoms with Crippen molar-refractivity contribution in [3.63, 3.8) is 0 Å². The van der Waals surface area contributed by atoms with Crippen molar-refractivity contribution in [3.05, 3.63) is 54.1 Å². The minimum absolute atomic E-state index is 0.172. The van der Waals surface area contributed by atoms with Crippen LogP contribution in [0.2, 0.25) is 0 Å². The van der Waals surface area contributed by atoms with Crippen molar-refractivity contribution in [2.45, 2.75) is 6.61 Å². The van der Waals surface area contributed by atoms with Crippen LogP contribution in [-0.4, -0.2) is 46.6 Å². The third-order valence-corrected chi connectivity index (χ3v) is 5.57. The number of alkyl carbamates (subject to hydrolysis) is 1. The lowest BCUT2D eigenvalue weighted by molar-refractivity contribution is 0.142. The summed E-state index contributed by atoms with van der Waals surface area (Å²) in [5, 5.41) is 7.56. The summed E-state index contributed by atoms with van der Waals surface area (Å²) in [4.78, 5) is 16.2. The molecule has 1 aromatic heterocycles. The summed E-state index contributed by atoms with van der Waals surface area (Å²) in [6, 6.07) is 15.1. The Kier molecular flexibility index (Phi) is 6.96. The van der Waals surface area contributed by atoms with Crippen LogP contribution in [0.25, 0.3) is 21.8 Å². The third-order valence-electron chi connectivity index (χ3n) is 5.57. The third kappa shape index (κ3) is 4.65. The van der Waals surface area contributed by atoms with Crippen LogP contribution in [0.4, 0.5) is 16.2 Å². The molecule has 4 aromatic rings. The highest BCUT2D eigenvalue weighted by atomic mass is 16.5. The number of nitrogens with one attached hydrogen (secondary N) is 2. The molecule has 9 heteroatoms. The predicted molar refractivity (Wildman–Crippen MR) is 134 cm³/mol. The Bertz CT molecular complexity index is 1370. The lowest BCUT2D eigenvalue weighted by atomic mass is 10.0. The molecule has 9 nitrogen and oxygen atoms in total. The van der Waals surface area contributed by atoms with Crippen molar-refractivity contribution in [2.75, 3.05) is 40.8 Å². The number of benzene rings is 3.